The summed E-state index contributed by atoms with van der Waals surface area (Å²) in [6.45, 7) is 2.48. The van der Waals surface area contributed by atoms with Crippen LogP contribution in [0.15, 0.2) is 0 Å². The summed E-state index contributed by atoms with van der Waals surface area (Å²) < 4.78 is 0. The van der Waals surface area contributed by atoms with Crippen LogP contribution in [-0.4, -0.2) is 30.4 Å². The van der Waals surface area contributed by atoms with Crippen molar-refractivity contribution in [2.45, 2.75) is 25.7 Å². The van der Waals surface area contributed by atoms with E-state index < -0.39 is 0 Å². The number of amides is 1. The lowest BCUT2D eigenvalue weighted by Crippen LogP contribution is -2.36. The molecule has 0 bridgehead atoms. The van der Waals surface area contributed by atoms with Crippen molar-refractivity contribution in [1.82, 2.24) is 4.90 Å². The van der Waals surface area contributed by atoms with Gasteiger partial charge in [-0.1, -0.05) is 0 Å². The second-order valence-corrected chi connectivity index (χ2v) is 2.98. The van der Waals surface area contributed by atoms with Crippen LogP contribution in [-0.2, 0) is 4.79 Å². The van der Waals surface area contributed by atoms with Crippen LogP contribution in [0.2, 0.25) is 0 Å². The van der Waals surface area contributed by atoms with Crippen LogP contribution < -0.4 is 5.73 Å². The van der Waals surface area contributed by atoms with E-state index in [1.54, 1.807) is 0 Å². The fraction of sp³-hybridized carbons (Fsp3) is 0.875. The van der Waals surface area contributed by atoms with Gasteiger partial charge in [-0.25, -0.2) is 0 Å². The van der Waals surface area contributed by atoms with Gasteiger partial charge in [-0.05, 0) is 25.8 Å². The third-order valence-electron chi connectivity index (χ3n) is 2.05. The van der Waals surface area contributed by atoms with Crippen LogP contribution >= 0.6 is 12.4 Å². The Morgan fingerprint density at radius 3 is 2.75 bits per heavy atom. The van der Waals surface area contributed by atoms with E-state index in [2.05, 4.69) is 0 Å². The smallest absolute Gasteiger partial charge is 0.222 e. The molecule has 0 unspecified atom stereocenters. The third kappa shape index (κ3) is 3.41. The molecule has 1 aliphatic heterocycles. The highest BCUT2D eigenvalue weighted by Crippen LogP contribution is 2.09. The number of nitrogens with two attached hydrogens (primary N) is 1. The minimum absolute atomic E-state index is 0. The van der Waals surface area contributed by atoms with E-state index in [4.69, 9.17) is 5.73 Å². The molecule has 4 heteroatoms. The number of hydrogen-bond donors (Lipinski definition) is 1. The molecule has 3 nitrogen and oxygen atoms in total. The largest absolute Gasteiger partial charge is 0.343 e. The summed E-state index contributed by atoms with van der Waals surface area (Å²) in [5, 5.41) is 0. The van der Waals surface area contributed by atoms with Crippen molar-refractivity contribution in [3.05, 3.63) is 0 Å². The maximum Gasteiger partial charge on any atom is 0.222 e. The number of halogens is 1. The predicted octanol–water partition coefficient (Wildman–Crippen LogP) is 0.770. The molecular weight excluding hydrogens is 176 g/mol. The minimum atomic E-state index is 0. The van der Waals surface area contributed by atoms with Gasteiger partial charge in [0.05, 0.1) is 0 Å². The molecule has 0 atom stereocenters. The molecule has 1 heterocycles. The fourth-order valence-corrected chi connectivity index (χ4v) is 1.38. The van der Waals surface area contributed by atoms with Crippen molar-refractivity contribution in [3.8, 4) is 0 Å². The number of nitrogens with zero attached hydrogens (tertiary/aromatic N) is 1. The molecule has 0 aromatic heterocycles. The van der Waals surface area contributed by atoms with Gasteiger partial charge in [0, 0.05) is 19.5 Å². The van der Waals surface area contributed by atoms with Gasteiger partial charge in [-0.15, -0.1) is 12.4 Å². The summed E-state index contributed by atoms with van der Waals surface area (Å²) in [7, 11) is 0. The minimum Gasteiger partial charge on any atom is -0.343 e. The Morgan fingerprint density at radius 2 is 2.17 bits per heavy atom. The van der Waals surface area contributed by atoms with Crippen LogP contribution in [0.4, 0.5) is 0 Å². The van der Waals surface area contributed by atoms with E-state index >= 15 is 0 Å². The summed E-state index contributed by atoms with van der Waals surface area (Å²) >= 11 is 0. The van der Waals surface area contributed by atoms with E-state index in [0.717, 1.165) is 38.8 Å². The lowest BCUT2D eigenvalue weighted by atomic mass is 10.1. The van der Waals surface area contributed by atoms with E-state index in [1.165, 1.54) is 0 Å². The van der Waals surface area contributed by atoms with Crippen LogP contribution in [0.1, 0.15) is 25.7 Å². The van der Waals surface area contributed by atoms with Crippen molar-refractivity contribution in [2.75, 3.05) is 19.6 Å². The Balaban J connectivity index is 0.00000121. The van der Waals surface area contributed by atoms with Crippen molar-refractivity contribution < 1.29 is 4.79 Å². The zero-order valence-corrected chi connectivity index (χ0v) is 8.11. The molecule has 0 aliphatic carbocycles. The lowest BCUT2D eigenvalue weighted by Gasteiger charge is -2.26. The molecule has 1 saturated heterocycles. The maximum absolute atomic E-state index is 11.2. The molecule has 0 aromatic carbocycles. The third-order valence-corrected chi connectivity index (χ3v) is 2.05. The first-order chi connectivity index (χ1) is 5.34. The number of hydrogen-bond acceptors (Lipinski definition) is 2. The van der Waals surface area contributed by atoms with E-state index in [1.807, 2.05) is 4.90 Å². The average Bonchev–Trinajstić information content (AvgIpc) is 2.03. The standard InChI is InChI=1S/C8H16N2O.ClH/c9-5-3-7-10-6-2-1-4-8(10)11;/h1-7,9H2;1H. The molecule has 1 amide bonds. The van der Waals surface area contributed by atoms with Gasteiger partial charge >= 0.3 is 0 Å². The number of likely N-dealkylation sites (tertiary alicyclic amines) is 1. The van der Waals surface area contributed by atoms with Gasteiger partial charge in [-0.3, -0.25) is 4.79 Å². The predicted molar refractivity (Wildman–Crippen MR) is 51.4 cm³/mol. The molecular formula is C8H17ClN2O. The summed E-state index contributed by atoms with van der Waals surface area (Å²) in [6, 6.07) is 0. The number of rotatable bonds is 3. The highest BCUT2D eigenvalue weighted by Gasteiger charge is 2.16. The zero-order chi connectivity index (χ0) is 8.10. The van der Waals surface area contributed by atoms with Gasteiger partial charge in [0.1, 0.15) is 0 Å². The normalized spacial score (nSPS) is 17.4. The van der Waals surface area contributed by atoms with Crippen LogP contribution in [0.3, 0.4) is 0 Å². The first-order valence-electron chi connectivity index (χ1n) is 4.32. The highest BCUT2D eigenvalue weighted by molar-refractivity contribution is 5.85. The monoisotopic (exact) mass is 192 g/mol. The Morgan fingerprint density at radius 1 is 1.42 bits per heavy atom. The molecule has 1 rings (SSSR count). The summed E-state index contributed by atoms with van der Waals surface area (Å²) in [6.07, 6.45) is 3.91. The van der Waals surface area contributed by atoms with Crippen LogP contribution in [0, 0.1) is 0 Å². The second-order valence-electron chi connectivity index (χ2n) is 2.98. The Hall–Kier alpha value is -0.280. The quantitative estimate of drug-likeness (QED) is 0.718. The summed E-state index contributed by atoms with van der Waals surface area (Å²) in [4.78, 5) is 13.1. The van der Waals surface area contributed by atoms with Crippen LogP contribution in [0.25, 0.3) is 0 Å². The molecule has 2 N–H and O–H groups in total. The zero-order valence-electron chi connectivity index (χ0n) is 7.29. The average molecular weight is 193 g/mol. The molecule has 1 fully saturated rings. The SMILES string of the molecule is Cl.NCCCN1CCCCC1=O. The van der Waals surface area contributed by atoms with Crippen LogP contribution in [0.5, 0.6) is 0 Å². The van der Waals surface area contributed by atoms with Crippen molar-refractivity contribution >= 4 is 18.3 Å². The molecule has 12 heavy (non-hydrogen) atoms. The summed E-state index contributed by atoms with van der Waals surface area (Å²) in [5.74, 6) is 0.310. The molecule has 0 radical (unpaired) electrons. The first-order valence-corrected chi connectivity index (χ1v) is 4.32. The number of carbonyl (C=O) groups is 1. The summed E-state index contributed by atoms with van der Waals surface area (Å²) in [5.41, 5.74) is 5.35. The first kappa shape index (κ1) is 11.7. The molecule has 0 spiro atoms. The Labute approximate surface area is 79.7 Å². The Bertz CT molecular complexity index is 141. The molecule has 1 aliphatic rings. The number of piperidine rings is 1. The Kier molecular flexibility index (Phi) is 6.11. The van der Waals surface area contributed by atoms with Crippen molar-refractivity contribution in [1.29, 1.82) is 0 Å². The van der Waals surface area contributed by atoms with Gasteiger partial charge < -0.3 is 10.6 Å². The lowest BCUT2D eigenvalue weighted by molar-refractivity contribution is -0.133. The fourth-order valence-electron chi connectivity index (χ4n) is 1.38. The molecule has 0 aromatic rings. The number of carbonyl (C=O) groups excluding carboxylic acids is 1. The second kappa shape index (κ2) is 6.26. The van der Waals surface area contributed by atoms with E-state index in [-0.39, 0.29) is 12.4 Å². The maximum atomic E-state index is 11.2. The topological polar surface area (TPSA) is 46.3 Å². The molecule has 72 valence electrons. The van der Waals surface area contributed by atoms with E-state index in [9.17, 15) is 4.79 Å². The van der Waals surface area contributed by atoms with Gasteiger partial charge in [-0.2, -0.15) is 0 Å². The highest BCUT2D eigenvalue weighted by atomic mass is 35.5. The molecule has 0 saturated carbocycles. The van der Waals surface area contributed by atoms with E-state index in [0.29, 0.717) is 12.5 Å². The van der Waals surface area contributed by atoms with Gasteiger partial charge in [0.25, 0.3) is 0 Å². The van der Waals surface area contributed by atoms with Crippen molar-refractivity contribution in [3.63, 3.8) is 0 Å². The van der Waals surface area contributed by atoms with Crippen molar-refractivity contribution in [2.24, 2.45) is 5.73 Å². The van der Waals surface area contributed by atoms with Gasteiger partial charge in [0.2, 0.25) is 5.91 Å². The van der Waals surface area contributed by atoms with Gasteiger partial charge in [0.15, 0.2) is 0 Å².